The van der Waals surface area contributed by atoms with Crippen LogP contribution in [0.2, 0.25) is 0 Å². The summed E-state index contributed by atoms with van der Waals surface area (Å²) < 4.78 is 1.81. The van der Waals surface area contributed by atoms with Crippen molar-refractivity contribution in [2.45, 2.75) is 27.3 Å². The number of benzene rings is 3. The number of amides is 2. The van der Waals surface area contributed by atoms with E-state index in [1.165, 1.54) is 5.56 Å². The van der Waals surface area contributed by atoms with Gasteiger partial charge in [0.25, 0.3) is 5.56 Å². The maximum Gasteiger partial charge on any atom is 0.321 e. The number of urea groups is 1. The summed E-state index contributed by atoms with van der Waals surface area (Å²) in [4.78, 5) is 35.0. The van der Waals surface area contributed by atoms with E-state index in [1.807, 2.05) is 59.7 Å². The number of carbonyl (C=O) groups excluding carboxylic acids is 1. The third-order valence-electron chi connectivity index (χ3n) is 6.64. The van der Waals surface area contributed by atoms with Crippen molar-refractivity contribution in [1.29, 1.82) is 0 Å². The van der Waals surface area contributed by atoms with Gasteiger partial charge in [-0.2, -0.15) is 0 Å². The van der Waals surface area contributed by atoms with Crippen LogP contribution in [0.4, 0.5) is 16.3 Å². The van der Waals surface area contributed by atoms with Gasteiger partial charge in [0.1, 0.15) is 0 Å². The highest BCUT2D eigenvalue weighted by Gasteiger charge is 2.25. The molecule has 184 valence electrons. The highest BCUT2D eigenvalue weighted by Crippen LogP contribution is 2.19. The average molecular weight is 482 g/mol. The van der Waals surface area contributed by atoms with E-state index in [4.69, 9.17) is 4.98 Å². The van der Waals surface area contributed by atoms with E-state index in [0.717, 1.165) is 33.4 Å². The Bertz CT molecular complexity index is 1450. The lowest BCUT2D eigenvalue weighted by Crippen LogP contribution is -2.51. The van der Waals surface area contributed by atoms with Crippen LogP contribution >= 0.6 is 0 Å². The molecule has 5 rings (SSSR count). The summed E-state index contributed by atoms with van der Waals surface area (Å²) in [7, 11) is 0. The van der Waals surface area contributed by atoms with Crippen molar-refractivity contribution in [2.24, 2.45) is 0 Å². The van der Waals surface area contributed by atoms with Crippen molar-refractivity contribution in [3.05, 3.63) is 99.3 Å². The van der Waals surface area contributed by atoms with Crippen LogP contribution in [0, 0.1) is 20.8 Å². The topological polar surface area (TPSA) is 70.5 Å². The second kappa shape index (κ2) is 9.85. The Kier molecular flexibility index (Phi) is 6.46. The second-order valence-electron chi connectivity index (χ2n) is 9.58. The van der Waals surface area contributed by atoms with Gasteiger partial charge < -0.3 is 15.1 Å². The smallest absolute Gasteiger partial charge is 0.321 e. The lowest BCUT2D eigenvalue weighted by Gasteiger charge is -2.35. The summed E-state index contributed by atoms with van der Waals surface area (Å²) in [6, 6.07) is 21.9. The van der Waals surface area contributed by atoms with Crippen LogP contribution in [0.3, 0.4) is 0 Å². The summed E-state index contributed by atoms with van der Waals surface area (Å²) in [5.41, 5.74) is 6.77. The zero-order chi connectivity index (χ0) is 25.2. The Labute approximate surface area is 211 Å². The molecule has 36 heavy (non-hydrogen) atoms. The molecule has 2 amide bonds. The molecule has 4 aromatic rings. The molecule has 0 aliphatic carbocycles. The number of nitrogens with zero attached hydrogens (tertiary/aromatic N) is 4. The number of hydrogen-bond donors (Lipinski definition) is 1. The number of piperazine rings is 1. The van der Waals surface area contributed by atoms with Crippen LogP contribution in [0.1, 0.15) is 22.3 Å². The maximum atomic E-state index is 13.6. The highest BCUT2D eigenvalue weighted by atomic mass is 16.2. The summed E-state index contributed by atoms with van der Waals surface area (Å²) in [5, 5.41) is 3.01. The largest absolute Gasteiger partial charge is 0.348 e. The minimum atomic E-state index is -0.122. The summed E-state index contributed by atoms with van der Waals surface area (Å²) in [6.45, 7) is 8.69. The van der Waals surface area contributed by atoms with Gasteiger partial charge in [-0.3, -0.25) is 9.36 Å². The van der Waals surface area contributed by atoms with Crippen LogP contribution < -0.4 is 15.8 Å². The molecule has 0 unspecified atom stereocenters. The molecular formula is C29H31N5O2. The number of aromatic nitrogens is 2. The molecule has 2 heterocycles. The molecule has 1 aliphatic rings. The van der Waals surface area contributed by atoms with E-state index in [9.17, 15) is 9.59 Å². The molecule has 0 saturated carbocycles. The molecule has 0 spiro atoms. The van der Waals surface area contributed by atoms with Crippen molar-refractivity contribution < 1.29 is 4.79 Å². The Morgan fingerprint density at radius 2 is 1.53 bits per heavy atom. The quantitative estimate of drug-likeness (QED) is 0.458. The van der Waals surface area contributed by atoms with Gasteiger partial charge in [-0.1, -0.05) is 48.0 Å². The van der Waals surface area contributed by atoms with Crippen LogP contribution in [-0.2, 0) is 6.54 Å². The van der Waals surface area contributed by atoms with Gasteiger partial charge in [0, 0.05) is 31.9 Å². The SMILES string of the molecule is Cc1ccc(Cn2c(=O)c(N3CCN(C(=O)Nc4cc(C)cc(C)c4)CC3)nc3ccccc32)cc1. The highest BCUT2D eigenvalue weighted by molar-refractivity contribution is 5.89. The van der Waals surface area contributed by atoms with E-state index in [2.05, 4.69) is 42.6 Å². The van der Waals surface area contributed by atoms with Crippen molar-refractivity contribution in [3.63, 3.8) is 0 Å². The van der Waals surface area contributed by atoms with Crippen molar-refractivity contribution >= 4 is 28.6 Å². The van der Waals surface area contributed by atoms with Gasteiger partial charge in [-0.15, -0.1) is 0 Å². The molecule has 0 radical (unpaired) electrons. The predicted molar refractivity (Wildman–Crippen MR) is 145 cm³/mol. The first-order valence-corrected chi connectivity index (χ1v) is 12.3. The maximum absolute atomic E-state index is 13.6. The number of rotatable bonds is 4. The van der Waals surface area contributed by atoms with E-state index in [0.29, 0.717) is 38.5 Å². The molecule has 7 heteroatoms. The second-order valence-corrected chi connectivity index (χ2v) is 9.58. The number of carbonyl (C=O) groups is 1. The van der Waals surface area contributed by atoms with Crippen molar-refractivity contribution in [2.75, 3.05) is 36.4 Å². The first-order chi connectivity index (χ1) is 17.4. The molecule has 1 N–H and O–H groups in total. The van der Waals surface area contributed by atoms with Crippen LogP contribution in [-0.4, -0.2) is 46.7 Å². The zero-order valence-electron chi connectivity index (χ0n) is 21.0. The first-order valence-electron chi connectivity index (χ1n) is 12.3. The summed E-state index contributed by atoms with van der Waals surface area (Å²) >= 11 is 0. The van der Waals surface area contributed by atoms with E-state index in [1.54, 1.807) is 4.90 Å². The predicted octanol–water partition coefficient (Wildman–Crippen LogP) is 4.72. The number of anilines is 2. The third kappa shape index (κ3) is 4.96. The van der Waals surface area contributed by atoms with E-state index >= 15 is 0 Å². The molecule has 1 aromatic heterocycles. The normalized spacial score (nSPS) is 13.8. The minimum absolute atomic E-state index is 0.109. The van der Waals surface area contributed by atoms with Gasteiger partial charge in [0.05, 0.1) is 17.6 Å². The lowest BCUT2D eigenvalue weighted by molar-refractivity contribution is 0.208. The Morgan fingerprint density at radius 1 is 0.861 bits per heavy atom. The van der Waals surface area contributed by atoms with Crippen LogP contribution in [0.5, 0.6) is 0 Å². The van der Waals surface area contributed by atoms with E-state index in [-0.39, 0.29) is 11.6 Å². The monoisotopic (exact) mass is 481 g/mol. The van der Waals surface area contributed by atoms with Crippen molar-refractivity contribution in [3.8, 4) is 0 Å². The van der Waals surface area contributed by atoms with Crippen LogP contribution in [0.25, 0.3) is 11.0 Å². The Balaban J connectivity index is 1.36. The van der Waals surface area contributed by atoms with Crippen LogP contribution in [0.15, 0.2) is 71.5 Å². The van der Waals surface area contributed by atoms with Gasteiger partial charge in [-0.05, 0) is 61.7 Å². The molecule has 7 nitrogen and oxygen atoms in total. The third-order valence-corrected chi connectivity index (χ3v) is 6.64. The summed E-state index contributed by atoms with van der Waals surface area (Å²) in [6.07, 6.45) is 0. The number of fused-ring (bicyclic) bond motifs is 1. The molecule has 1 fully saturated rings. The number of aryl methyl sites for hydroxylation is 3. The minimum Gasteiger partial charge on any atom is -0.348 e. The number of hydrogen-bond acceptors (Lipinski definition) is 4. The van der Waals surface area contributed by atoms with Crippen molar-refractivity contribution in [1.82, 2.24) is 14.5 Å². The fraction of sp³-hybridized carbons (Fsp3) is 0.276. The summed E-state index contributed by atoms with van der Waals surface area (Å²) in [5.74, 6) is 0.440. The standard InChI is InChI=1S/C29H31N5O2/c1-20-8-10-23(11-9-20)19-34-26-7-5-4-6-25(26)31-27(28(34)35)32-12-14-33(15-13-32)29(36)30-24-17-21(2)16-22(3)18-24/h4-11,16-18H,12-15,19H2,1-3H3,(H,30,36). The lowest BCUT2D eigenvalue weighted by atomic mass is 10.1. The molecule has 3 aromatic carbocycles. The first kappa shape index (κ1) is 23.6. The number of para-hydroxylation sites is 2. The molecule has 0 atom stereocenters. The van der Waals surface area contributed by atoms with Gasteiger partial charge >= 0.3 is 6.03 Å². The Hall–Kier alpha value is -4.13. The molecule has 1 saturated heterocycles. The molecule has 1 aliphatic heterocycles. The number of nitrogens with one attached hydrogen (secondary N) is 1. The fourth-order valence-electron chi connectivity index (χ4n) is 4.79. The van der Waals surface area contributed by atoms with Gasteiger partial charge in [0.15, 0.2) is 5.82 Å². The average Bonchev–Trinajstić information content (AvgIpc) is 2.86. The zero-order valence-corrected chi connectivity index (χ0v) is 21.0. The fourth-order valence-corrected chi connectivity index (χ4v) is 4.79. The molecular weight excluding hydrogens is 450 g/mol. The molecule has 0 bridgehead atoms. The van der Waals surface area contributed by atoms with Gasteiger partial charge in [-0.25, -0.2) is 9.78 Å². The van der Waals surface area contributed by atoms with E-state index < -0.39 is 0 Å². The van der Waals surface area contributed by atoms with Gasteiger partial charge in [0.2, 0.25) is 0 Å². The Morgan fingerprint density at radius 3 is 2.22 bits per heavy atom.